The van der Waals surface area contributed by atoms with Crippen molar-refractivity contribution in [3.8, 4) is 11.3 Å². The minimum absolute atomic E-state index is 0.209. The van der Waals surface area contributed by atoms with Gasteiger partial charge < -0.3 is 10.3 Å². The number of carbonyl (C=O) groups excluding carboxylic acids is 1. The van der Waals surface area contributed by atoms with Gasteiger partial charge in [-0.3, -0.25) is 14.5 Å². The van der Waals surface area contributed by atoms with Gasteiger partial charge in [-0.1, -0.05) is 0 Å². The molecule has 0 unspecified atom stereocenters. The largest absolute Gasteiger partial charge is 0.339 e. The molecule has 0 radical (unpaired) electrons. The number of pyridine rings is 2. The lowest BCUT2D eigenvalue weighted by atomic mass is 10.2. The number of amides is 1. The number of rotatable bonds is 3. The number of carbonyl (C=O) groups is 1. The van der Waals surface area contributed by atoms with E-state index in [4.69, 9.17) is 0 Å². The van der Waals surface area contributed by atoms with E-state index in [1.54, 1.807) is 23.3 Å². The lowest BCUT2D eigenvalue weighted by molar-refractivity contribution is 0.102. The number of fused-ring (bicyclic) bond motifs is 1. The third-order valence-electron chi connectivity index (χ3n) is 4.22. The Morgan fingerprint density at radius 1 is 1.12 bits per heavy atom. The number of aromatic amines is 1. The molecular weight excluding hydrogens is 328 g/mol. The van der Waals surface area contributed by atoms with Crippen LogP contribution in [0.2, 0.25) is 0 Å². The third kappa shape index (κ3) is 2.95. The van der Waals surface area contributed by atoms with Crippen LogP contribution in [0.15, 0.2) is 43.0 Å². The Bertz CT molecular complexity index is 1120. The number of aryl methyl sites for hydroxylation is 3. The summed E-state index contributed by atoms with van der Waals surface area (Å²) in [6.45, 7) is 3.80. The first-order valence-electron chi connectivity index (χ1n) is 8.22. The molecule has 0 aliphatic heterocycles. The number of nitrogens with zero attached hydrogens (tertiary/aromatic N) is 4. The molecule has 0 bridgehead atoms. The molecule has 0 aromatic carbocycles. The topological polar surface area (TPSA) is 88.5 Å². The molecule has 0 saturated carbocycles. The summed E-state index contributed by atoms with van der Waals surface area (Å²) in [5.74, 6) is -0.209. The predicted octanol–water partition coefficient (Wildman–Crippen LogP) is 3.23. The fraction of sp³-hybridized carbons (Fsp3) is 0.158. The van der Waals surface area contributed by atoms with Crippen LogP contribution in [0.3, 0.4) is 0 Å². The van der Waals surface area contributed by atoms with Gasteiger partial charge in [0.05, 0.1) is 28.8 Å². The number of aromatic nitrogens is 5. The van der Waals surface area contributed by atoms with Gasteiger partial charge in [0.15, 0.2) is 0 Å². The second kappa shape index (κ2) is 6.11. The quantitative estimate of drug-likeness (QED) is 0.596. The molecule has 0 fully saturated rings. The molecule has 7 heteroatoms. The SMILES string of the molecule is Cc1cnc(C)c(NC(=O)c2cnc3[nH]c(-c4cnn(C)c4)cc3c2)c1. The van der Waals surface area contributed by atoms with Crippen molar-refractivity contribution in [2.45, 2.75) is 13.8 Å². The van der Waals surface area contributed by atoms with Crippen LogP contribution in [0.5, 0.6) is 0 Å². The monoisotopic (exact) mass is 346 g/mol. The highest BCUT2D eigenvalue weighted by molar-refractivity contribution is 6.06. The number of anilines is 1. The van der Waals surface area contributed by atoms with Crippen LogP contribution in [0, 0.1) is 13.8 Å². The summed E-state index contributed by atoms with van der Waals surface area (Å²) in [5, 5.41) is 7.96. The molecule has 130 valence electrons. The lowest BCUT2D eigenvalue weighted by Gasteiger charge is -2.08. The van der Waals surface area contributed by atoms with E-state index < -0.39 is 0 Å². The molecular formula is C19H18N6O. The zero-order valence-corrected chi connectivity index (χ0v) is 14.7. The summed E-state index contributed by atoms with van der Waals surface area (Å²) >= 11 is 0. The average Bonchev–Trinajstić information content (AvgIpc) is 3.23. The van der Waals surface area contributed by atoms with Crippen LogP contribution in [-0.4, -0.2) is 30.6 Å². The normalized spacial score (nSPS) is 11.0. The first-order valence-corrected chi connectivity index (χ1v) is 8.22. The van der Waals surface area contributed by atoms with E-state index in [0.717, 1.165) is 33.5 Å². The van der Waals surface area contributed by atoms with Crippen molar-refractivity contribution in [1.82, 2.24) is 24.7 Å². The molecule has 4 aromatic heterocycles. The summed E-state index contributed by atoms with van der Waals surface area (Å²) < 4.78 is 1.74. The molecule has 1 amide bonds. The van der Waals surface area contributed by atoms with E-state index in [1.165, 1.54) is 0 Å². The highest BCUT2D eigenvalue weighted by atomic mass is 16.1. The molecule has 4 heterocycles. The van der Waals surface area contributed by atoms with Crippen molar-refractivity contribution < 1.29 is 4.79 Å². The van der Waals surface area contributed by atoms with Gasteiger partial charge in [-0.15, -0.1) is 0 Å². The third-order valence-corrected chi connectivity index (χ3v) is 4.22. The summed E-state index contributed by atoms with van der Waals surface area (Å²) in [6.07, 6.45) is 7.05. The minimum atomic E-state index is -0.209. The van der Waals surface area contributed by atoms with Crippen LogP contribution in [-0.2, 0) is 7.05 Å². The number of hydrogen-bond acceptors (Lipinski definition) is 4. The summed E-state index contributed by atoms with van der Waals surface area (Å²) in [7, 11) is 1.87. The lowest BCUT2D eigenvalue weighted by Crippen LogP contribution is -2.13. The molecule has 2 N–H and O–H groups in total. The van der Waals surface area contributed by atoms with Gasteiger partial charge in [0.1, 0.15) is 5.65 Å². The maximum Gasteiger partial charge on any atom is 0.257 e. The van der Waals surface area contributed by atoms with Gasteiger partial charge >= 0.3 is 0 Å². The van der Waals surface area contributed by atoms with Gasteiger partial charge in [0.2, 0.25) is 0 Å². The smallest absolute Gasteiger partial charge is 0.257 e. The van der Waals surface area contributed by atoms with Gasteiger partial charge in [-0.2, -0.15) is 5.10 Å². The molecule has 0 saturated heterocycles. The highest BCUT2D eigenvalue weighted by Crippen LogP contribution is 2.23. The first-order chi connectivity index (χ1) is 12.5. The van der Waals surface area contributed by atoms with E-state index in [9.17, 15) is 4.79 Å². The number of nitrogens with one attached hydrogen (secondary N) is 2. The first kappa shape index (κ1) is 16.0. The highest BCUT2D eigenvalue weighted by Gasteiger charge is 2.12. The summed E-state index contributed by atoms with van der Waals surface area (Å²) in [6, 6.07) is 5.70. The average molecular weight is 346 g/mol. The fourth-order valence-corrected chi connectivity index (χ4v) is 2.81. The maximum absolute atomic E-state index is 12.6. The fourth-order valence-electron chi connectivity index (χ4n) is 2.81. The van der Waals surface area contributed by atoms with Crippen LogP contribution < -0.4 is 5.32 Å². The van der Waals surface area contributed by atoms with Gasteiger partial charge in [0, 0.05) is 36.6 Å². The van der Waals surface area contributed by atoms with Crippen molar-refractivity contribution in [1.29, 1.82) is 0 Å². The number of H-pyrrole nitrogens is 1. The standard InChI is InChI=1S/C19H18N6O/c1-11-4-16(12(2)20-7-11)24-19(26)14-5-13-6-17(23-18(13)21-8-14)15-9-22-25(3)10-15/h4-10H,1-3H3,(H,21,23)(H,24,26). The zero-order valence-electron chi connectivity index (χ0n) is 14.7. The molecule has 0 aliphatic carbocycles. The van der Waals surface area contributed by atoms with Gasteiger partial charge in [0.25, 0.3) is 5.91 Å². The molecule has 4 aromatic rings. The van der Waals surface area contributed by atoms with E-state index in [-0.39, 0.29) is 5.91 Å². The van der Waals surface area contributed by atoms with Crippen LogP contribution in [0.25, 0.3) is 22.3 Å². The van der Waals surface area contributed by atoms with Gasteiger partial charge in [-0.05, 0) is 37.6 Å². The van der Waals surface area contributed by atoms with Crippen molar-refractivity contribution in [3.05, 3.63) is 59.8 Å². The minimum Gasteiger partial charge on any atom is -0.339 e. The van der Waals surface area contributed by atoms with Crippen LogP contribution in [0.1, 0.15) is 21.6 Å². The van der Waals surface area contributed by atoms with Crippen molar-refractivity contribution >= 4 is 22.6 Å². The Kier molecular flexibility index (Phi) is 3.76. The van der Waals surface area contributed by atoms with Crippen LogP contribution >= 0.6 is 0 Å². The molecule has 26 heavy (non-hydrogen) atoms. The van der Waals surface area contributed by atoms with Crippen molar-refractivity contribution in [2.75, 3.05) is 5.32 Å². The van der Waals surface area contributed by atoms with Gasteiger partial charge in [-0.25, -0.2) is 4.98 Å². The summed E-state index contributed by atoms with van der Waals surface area (Å²) in [5.41, 5.74) is 5.59. The Hall–Kier alpha value is -3.48. The zero-order chi connectivity index (χ0) is 18.3. The Balaban J connectivity index is 1.64. The van der Waals surface area contributed by atoms with E-state index >= 15 is 0 Å². The predicted molar refractivity (Wildman–Crippen MR) is 100.0 cm³/mol. The Morgan fingerprint density at radius 3 is 2.73 bits per heavy atom. The van der Waals surface area contributed by atoms with Crippen molar-refractivity contribution in [3.63, 3.8) is 0 Å². The second-order valence-corrected chi connectivity index (χ2v) is 6.35. The summed E-state index contributed by atoms with van der Waals surface area (Å²) in [4.78, 5) is 24.5. The molecule has 7 nitrogen and oxygen atoms in total. The van der Waals surface area contributed by atoms with Crippen LogP contribution in [0.4, 0.5) is 5.69 Å². The molecule has 4 rings (SSSR count). The number of hydrogen-bond donors (Lipinski definition) is 2. The van der Waals surface area contributed by atoms with E-state index in [2.05, 4.69) is 25.4 Å². The van der Waals surface area contributed by atoms with E-state index in [1.807, 2.05) is 45.3 Å². The van der Waals surface area contributed by atoms with Crippen molar-refractivity contribution in [2.24, 2.45) is 7.05 Å². The molecule has 0 spiro atoms. The Labute approximate surface area is 150 Å². The molecule has 0 aliphatic rings. The Morgan fingerprint density at radius 2 is 1.96 bits per heavy atom. The maximum atomic E-state index is 12.6. The molecule has 0 atom stereocenters. The van der Waals surface area contributed by atoms with E-state index in [0.29, 0.717) is 11.3 Å². The second-order valence-electron chi connectivity index (χ2n) is 6.35.